The van der Waals surface area contributed by atoms with E-state index in [-0.39, 0.29) is 12.4 Å². The fraction of sp³-hybridized carbons (Fsp3) is 0.0714. The Morgan fingerprint density at radius 3 is 2.60 bits per heavy atom. The zero-order valence-electron chi connectivity index (χ0n) is 10.6. The molecule has 6 nitrogen and oxygen atoms in total. The molecule has 0 fully saturated rings. The quantitative estimate of drug-likeness (QED) is 0.669. The summed E-state index contributed by atoms with van der Waals surface area (Å²) in [5.41, 5.74) is 1.73. The van der Waals surface area contributed by atoms with Crippen LogP contribution in [0.2, 0.25) is 0 Å². The van der Waals surface area contributed by atoms with E-state index in [4.69, 9.17) is 5.11 Å². The van der Waals surface area contributed by atoms with Crippen molar-refractivity contribution in [1.82, 2.24) is 9.55 Å². The number of hydrogen-bond acceptors (Lipinski definition) is 4. The predicted octanol–water partition coefficient (Wildman–Crippen LogP) is 2.55. The van der Waals surface area contributed by atoms with Gasteiger partial charge in [0.25, 0.3) is 0 Å². The predicted molar refractivity (Wildman–Crippen MR) is 76.6 cm³/mol. The van der Waals surface area contributed by atoms with Gasteiger partial charge in [0.1, 0.15) is 6.20 Å². The van der Waals surface area contributed by atoms with E-state index in [0.29, 0.717) is 5.82 Å². The number of aliphatic hydroxyl groups excluding tert-OH is 1. The van der Waals surface area contributed by atoms with Gasteiger partial charge in [-0.15, -0.1) is 0 Å². The molecule has 0 atom stereocenters. The van der Waals surface area contributed by atoms with Gasteiger partial charge in [0.05, 0.1) is 12.8 Å². The van der Waals surface area contributed by atoms with Crippen molar-refractivity contribution in [2.75, 3.05) is 0 Å². The fourth-order valence-electron chi connectivity index (χ4n) is 1.72. The molecule has 0 spiro atoms. The third kappa shape index (κ3) is 2.81. The Hall–Kier alpha value is -2.73. The van der Waals surface area contributed by atoms with Crippen LogP contribution in [-0.2, 0) is 6.61 Å². The highest BCUT2D eigenvalue weighted by Crippen LogP contribution is 2.16. The molecule has 1 heterocycles. The van der Waals surface area contributed by atoms with Crippen LogP contribution in [0, 0.1) is 10.1 Å². The third-order valence-corrected chi connectivity index (χ3v) is 2.76. The van der Waals surface area contributed by atoms with Crippen molar-refractivity contribution in [2.24, 2.45) is 0 Å². The largest absolute Gasteiger partial charge is 0.392 e. The van der Waals surface area contributed by atoms with E-state index in [9.17, 15) is 10.1 Å². The van der Waals surface area contributed by atoms with Gasteiger partial charge < -0.3 is 15.2 Å². The van der Waals surface area contributed by atoms with Crippen LogP contribution in [0.1, 0.15) is 17.0 Å². The lowest BCUT2D eigenvalue weighted by Gasteiger charge is -1.97. The van der Waals surface area contributed by atoms with Crippen molar-refractivity contribution in [1.29, 1.82) is 0 Å². The second-order valence-electron chi connectivity index (χ2n) is 4.02. The fourth-order valence-corrected chi connectivity index (χ4v) is 1.72. The van der Waals surface area contributed by atoms with E-state index < -0.39 is 4.92 Å². The smallest absolute Gasteiger partial charge is 0.347 e. The van der Waals surface area contributed by atoms with Gasteiger partial charge in [0.2, 0.25) is 5.82 Å². The third-order valence-electron chi connectivity index (χ3n) is 2.76. The minimum absolute atomic E-state index is 0.00292. The summed E-state index contributed by atoms with van der Waals surface area (Å²) < 4.78 is 1.30. The first-order valence-corrected chi connectivity index (χ1v) is 5.87. The van der Waals surface area contributed by atoms with E-state index in [1.54, 1.807) is 12.2 Å². The van der Waals surface area contributed by atoms with Gasteiger partial charge in [-0.3, -0.25) is 0 Å². The molecular formula is C14H13N3O3. The van der Waals surface area contributed by atoms with Crippen LogP contribution in [0.5, 0.6) is 0 Å². The van der Waals surface area contributed by atoms with Crippen molar-refractivity contribution in [3.05, 3.63) is 64.1 Å². The molecule has 2 aromatic rings. The summed E-state index contributed by atoms with van der Waals surface area (Å²) in [6, 6.07) is 7.31. The molecule has 6 heteroatoms. The van der Waals surface area contributed by atoms with Gasteiger partial charge in [-0.1, -0.05) is 30.8 Å². The number of benzene rings is 1. The minimum atomic E-state index is -0.512. The Kier molecular flexibility index (Phi) is 4.07. The molecule has 0 aliphatic carbocycles. The Morgan fingerprint density at radius 1 is 1.35 bits per heavy atom. The van der Waals surface area contributed by atoms with E-state index in [2.05, 4.69) is 11.6 Å². The lowest BCUT2D eigenvalue weighted by molar-refractivity contribution is -0.390. The summed E-state index contributed by atoms with van der Waals surface area (Å²) >= 11 is 0. The Balaban J connectivity index is 2.26. The molecule has 0 radical (unpaired) electrons. The number of nitrogens with zero attached hydrogens (tertiary/aromatic N) is 3. The summed E-state index contributed by atoms with van der Waals surface area (Å²) in [5, 5.41) is 19.7. The number of hydrogen-bond donors (Lipinski definition) is 1. The molecule has 1 aromatic carbocycles. The second-order valence-corrected chi connectivity index (χ2v) is 4.02. The molecule has 1 N–H and O–H groups in total. The van der Waals surface area contributed by atoms with Crippen LogP contribution in [0.25, 0.3) is 18.4 Å². The number of nitro groups is 1. The van der Waals surface area contributed by atoms with E-state index in [0.717, 1.165) is 11.1 Å². The Bertz CT molecular complexity index is 657. The molecule has 0 saturated carbocycles. The van der Waals surface area contributed by atoms with Crippen LogP contribution in [0.15, 0.2) is 37.0 Å². The Labute approximate surface area is 115 Å². The topological polar surface area (TPSA) is 81.2 Å². The van der Waals surface area contributed by atoms with E-state index >= 15 is 0 Å². The standard InChI is InChI=1S/C14H13N3O3/c1-2-16-13(15-9-14(16)17(19)20)8-7-11-3-5-12(10-18)6-4-11/h2-9,18H,1,10H2/b8-7+. The first-order valence-electron chi connectivity index (χ1n) is 5.87. The average Bonchev–Trinajstić information content (AvgIpc) is 2.88. The van der Waals surface area contributed by atoms with E-state index in [1.165, 1.54) is 17.0 Å². The lowest BCUT2D eigenvalue weighted by Crippen LogP contribution is -1.97. The van der Waals surface area contributed by atoms with Crippen molar-refractivity contribution in [3.8, 4) is 0 Å². The molecule has 0 aliphatic heterocycles. The summed E-state index contributed by atoms with van der Waals surface area (Å²) in [4.78, 5) is 14.3. The Morgan fingerprint density at radius 2 is 2.05 bits per heavy atom. The highest BCUT2D eigenvalue weighted by molar-refractivity contribution is 5.68. The molecule has 0 aliphatic rings. The summed E-state index contributed by atoms with van der Waals surface area (Å²) in [7, 11) is 0. The molecule has 20 heavy (non-hydrogen) atoms. The van der Waals surface area contributed by atoms with Crippen molar-refractivity contribution in [3.63, 3.8) is 0 Å². The van der Waals surface area contributed by atoms with Gasteiger partial charge in [-0.2, -0.15) is 4.57 Å². The highest BCUT2D eigenvalue weighted by Gasteiger charge is 2.15. The number of rotatable bonds is 5. The van der Waals surface area contributed by atoms with Crippen LogP contribution in [0.4, 0.5) is 5.82 Å². The van der Waals surface area contributed by atoms with Gasteiger partial charge in [0.15, 0.2) is 0 Å². The normalized spacial score (nSPS) is 10.8. The molecule has 0 amide bonds. The highest BCUT2D eigenvalue weighted by atomic mass is 16.6. The molecule has 0 unspecified atom stereocenters. The lowest BCUT2D eigenvalue weighted by atomic mass is 10.1. The van der Waals surface area contributed by atoms with Gasteiger partial charge in [-0.25, -0.2) is 4.98 Å². The number of aliphatic hydroxyl groups is 1. The van der Waals surface area contributed by atoms with Crippen molar-refractivity contribution < 1.29 is 10.0 Å². The maximum absolute atomic E-state index is 10.8. The molecule has 2 rings (SSSR count). The summed E-state index contributed by atoms with van der Waals surface area (Å²) in [6.07, 6.45) is 5.99. The number of imidazole rings is 1. The van der Waals surface area contributed by atoms with Gasteiger partial charge in [-0.05, 0) is 22.1 Å². The zero-order valence-corrected chi connectivity index (χ0v) is 10.6. The minimum Gasteiger partial charge on any atom is -0.392 e. The van der Waals surface area contributed by atoms with E-state index in [1.807, 2.05) is 24.3 Å². The van der Waals surface area contributed by atoms with Crippen molar-refractivity contribution >= 4 is 24.2 Å². The molecular weight excluding hydrogens is 258 g/mol. The molecule has 1 aromatic heterocycles. The summed E-state index contributed by atoms with van der Waals surface area (Å²) in [5.74, 6) is 0.299. The zero-order chi connectivity index (χ0) is 14.5. The molecule has 0 saturated heterocycles. The first-order chi connectivity index (χ1) is 9.65. The average molecular weight is 271 g/mol. The first kappa shape index (κ1) is 13.7. The van der Waals surface area contributed by atoms with Crippen LogP contribution in [-0.4, -0.2) is 19.6 Å². The maximum Gasteiger partial charge on any atom is 0.347 e. The van der Waals surface area contributed by atoms with Gasteiger partial charge in [0, 0.05) is 6.08 Å². The SMILES string of the molecule is C=Cn1c([N+](=O)[O-])cnc1/C=C/c1ccc(CO)cc1. The molecule has 0 bridgehead atoms. The molecule has 102 valence electrons. The van der Waals surface area contributed by atoms with Crippen LogP contribution < -0.4 is 0 Å². The van der Waals surface area contributed by atoms with Crippen LogP contribution >= 0.6 is 0 Å². The van der Waals surface area contributed by atoms with Crippen LogP contribution in [0.3, 0.4) is 0 Å². The maximum atomic E-state index is 10.8. The summed E-state index contributed by atoms with van der Waals surface area (Å²) in [6.45, 7) is 3.54. The second kappa shape index (κ2) is 5.94. The van der Waals surface area contributed by atoms with Gasteiger partial charge >= 0.3 is 5.82 Å². The van der Waals surface area contributed by atoms with Crippen molar-refractivity contribution in [2.45, 2.75) is 6.61 Å². The monoisotopic (exact) mass is 271 g/mol. The number of aromatic nitrogens is 2.